The fraction of sp³-hybridized carbons (Fsp3) is 0.440. The van der Waals surface area contributed by atoms with Crippen LogP contribution in [0.2, 0.25) is 5.02 Å². The SMILES string of the molecule is CCN(C)c1nc(NCC2CCC(CNS(=O)(=O)c3cccc(Cl)c3)CC2)nc2ccccc12. The molecule has 0 aliphatic heterocycles. The Morgan fingerprint density at radius 3 is 2.41 bits per heavy atom. The molecule has 182 valence electrons. The summed E-state index contributed by atoms with van der Waals surface area (Å²) in [5.74, 6) is 2.45. The Balaban J connectivity index is 1.30. The smallest absolute Gasteiger partial charge is 0.240 e. The number of sulfonamides is 1. The van der Waals surface area contributed by atoms with E-state index in [2.05, 4.69) is 27.9 Å². The van der Waals surface area contributed by atoms with Crippen molar-refractivity contribution in [1.29, 1.82) is 0 Å². The Bertz CT molecular complexity index is 1230. The molecule has 1 aromatic heterocycles. The van der Waals surface area contributed by atoms with Crippen molar-refractivity contribution in [2.45, 2.75) is 37.5 Å². The molecule has 1 fully saturated rings. The number of anilines is 2. The van der Waals surface area contributed by atoms with Gasteiger partial charge in [-0.2, -0.15) is 4.98 Å². The molecule has 0 radical (unpaired) electrons. The lowest BCUT2D eigenvalue weighted by Gasteiger charge is -2.29. The van der Waals surface area contributed by atoms with E-state index < -0.39 is 10.0 Å². The first kappa shape index (κ1) is 24.7. The Hall–Kier alpha value is -2.42. The molecule has 4 rings (SSSR count). The molecule has 0 unspecified atom stereocenters. The van der Waals surface area contributed by atoms with Crippen LogP contribution < -0.4 is 14.9 Å². The Morgan fingerprint density at radius 1 is 1.00 bits per heavy atom. The van der Waals surface area contributed by atoms with Gasteiger partial charge in [-0.3, -0.25) is 0 Å². The third kappa shape index (κ3) is 5.98. The van der Waals surface area contributed by atoms with E-state index in [-0.39, 0.29) is 4.90 Å². The highest BCUT2D eigenvalue weighted by atomic mass is 35.5. The van der Waals surface area contributed by atoms with Crippen LogP contribution in [-0.2, 0) is 10.0 Å². The molecule has 1 aliphatic carbocycles. The van der Waals surface area contributed by atoms with Gasteiger partial charge in [0, 0.05) is 37.1 Å². The largest absolute Gasteiger partial charge is 0.359 e. The molecule has 1 heterocycles. The van der Waals surface area contributed by atoms with Gasteiger partial charge in [0.05, 0.1) is 10.4 Å². The van der Waals surface area contributed by atoms with Gasteiger partial charge >= 0.3 is 0 Å². The number of nitrogens with zero attached hydrogens (tertiary/aromatic N) is 3. The van der Waals surface area contributed by atoms with Crippen molar-refractivity contribution in [2.75, 3.05) is 36.9 Å². The van der Waals surface area contributed by atoms with Crippen LogP contribution in [0.5, 0.6) is 0 Å². The second kappa shape index (κ2) is 10.9. The van der Waals surface area contributed by atoms with Crippen LogP contribution in [-0.4, -0.2) is 45.1 Å². The topological polar surface area (TPSA) is 87.2 Å². The van der Waals surface area contributed by atoms with Crippen molar-refractivity contribution in [3.63, 3.8) is 0 Å². The predicted octanol–water partition coefficient (Wildman–Crippen LogP) is 4.94. The maximum Gasteiger partial charge on any atom is 0.240 e. The summed E-state index contributed by atoms with van der Waals surface area (Å²) in [6.07, 6.45) is 4.08. The Morgan fingerprint density at radius 2 is 1.71 bits per heavy atom. The Kier molecular flexibility index (Phi) is 7.91. The highest BCUT2D eigenvalue weighted by Crippen LogP contribution is 2.30. The fourth-order valence-corrected chi connectivity index (χ4v) is 5.82. The van der Waals surface area contributed by atoms with E-state index in [1.807, 2.05) is 25.2 Å². The van der Waals surface area contributed by atoms with Crippen LogP contribution in [0.15, 0.2) is 53.4 Å². The van der Waals surface area contributed by atoms with E-state index >= 15 is 0 Å². The predicted molar refractivity (Wildman–Crippen MR) is 139 cm³/mol. The van der Waals surface area contributed by atoms with Crippen LogP contribution in [0.1, 0.15) is 32.6 Å². The van der Waals surface area contributed by atoms with E-state index in [0.717, 1.165) is 55.5 Å². The van der Waals surface area contributed by atoms with Crippen LogP contribution in [0, 0.1) is 11.8 Å². The highest BCUT2D eigenvalue weighted by Gasteiger charge is 2.24. The number of nitrogens with one attached hydrogen (secondary N) is 2. The summed E-state index contributed by atoms with van der Waals surface area (Å²) in [6.45, 7) is 4.24. The van der Waals surface area contributed by atoms with Gasteiger partial charge in [-0.05, 0) is 74.8 Å². The summed E-state index contributed by atoms with van der Waals surface area (Å²) in [5.41, 5.74) is 0.936. The highest BCUT2D eigenvalue weighted by molar-refractivity contribution is 7.89. The number of para-hydroxylation sites is 1. The summed E-state index contributed by atoms with van der Waals surface area (Å²) in [4.78, 5) is 11.8. The molecule has 0 spiro atoms. The standard InChI is InChI=1S/C25H32ClN5O2S/c1-3-31(2)24-22-9-4-5-10-23(22)29-25(30-24)27-16-18-11-13-19(14-12-18)17-28-34(32,33)21-8-6-7-20(26)15-21/h4-10,15,18-19,28H,3,11-14,16-17H2,1-2H3,(H,27,29,30). The molecule has 2 N–H and O–H groups in total. The molecule has 0 saturated heterocycles. The van der Waals surface area contributed by atoms with Gasteiger partial charge in [0.1, 0.15) is 5.82 Å². The third-order valence-corrected chi connectivity index (χ3v) is 8.26. The number of benzene rings is 2. The number of aromatic nitrogens is 2. The summed E-state index contributed by atoms with van der Waals surface area (Å²) < 4.78 is 27.8. The molecule has 9 heteroatoms. The lowest BCUT2D eigenvalue weighted by Crippen LogP contribution is -2.32. The van der Waals surface area contributed by atoms with Gasteiger partial charge in [0.15, 0.2) is 0 Å². The summed E-state index contributed by atoms with van der Waals surface area (Å²) in [6, 6.07) is 14.4. The zero-order valence-electron chi connectivity index (χ0n) is 19.7. The zero-order chi connectivity index (χ0) is 24.1. The second-order valence-electron chi connectivity index (χ2n) is 8.98. The normalized spacial score (nSPS) is 18.7. The number of fused-ring (bicyclic) bond motifs is 1. The van der Waals surface area contributed by atoms with E-state index in [9.17, 15) is 8.42 Å². The van der Waals surface area contributed by atoms with Crippen molar-refractivity contribution < 1.29 is 8.42 Å². The lowest BCUT2D eigenvalue weighted by molar-refractivity contribution is 0.284. The first-order valence-electron chi connectivity index (χ1n) is 11.8. The second-order valence-corrected chi connectivity index (χ2v) is 11.2. The van der Waals surface area contributed by atoms with Crippen molar-refractivity contribution in [3.8, 4) is 0 Å². The molecular weight excluding hydrogens is 470 g/mol. The van der Waals surface area contributed by atoms with Gasteiger partial charge in [-0.15, -0.1) is 0 Å². The van der Waals surface area contributed by atoms with E-state index in [4.69, 9.17) is 21.6 Å². The van der Waals surface area contributed by atoms with Crippen LogP contribution in [0.25, 0.3) is 10.9 Å². The van der Waals surface area contributed by atoms with Crippen LogP contribution in [0.3, 0.4) is 0 Å². The van der Waals surface area contributed by atoms with E-state index in [1.165, 1.54) is 6.07 Å². The minimum Gasteiger partial charge on any atom is -0.359 e. The molecule has 0 amide bonds. The maximum atomic E-state index is 12.5. The first-order valence-corrected chi connectivity index (χ1v) is 13.7. The maximum absolute atomic E-state index is 12.5. The number of halogens is 1. The minimum absolute atomic E-state index is 0.210. The molecule has 0 bridgehead atoms. The van der Waals surface area contributed by atoms with Crippen molar-refractivity contribution in [3.05, 3.63) is 53.6 Å². The van der Waals surface area contributed by atoms with Gasteiger partial charge in [0.2, 0.25) is 16.0 Å². The number of hydrogen-bond donors (Lipinski definition) is 2. The average molecular weight is 502 g/mol. The quantitative estimate of drug-likeness (QED) is 0.432. The Labute approximate surface area is 207 Å². The van der Waals surface area contributed by atoms with Gasteiger partial charge in [0.25, 0.3) is 0 Å². The molecule has 1 aliphatic rings. The first-order chi connectivity index (χ1) is 16.4. The average Bonchev–Trinajstić information content (AvgIpc) is 2.86. The minimum atomic E-state index is -3.54. The monoisotopic (exact) mass is 501 g/mol. The number of rotatable bonds is 9. The third-order valence-electron chi connectivity index (χ3n) is 6.60. The van der Waals surface area contributed by atoms with E-state index in [0.29, 0.717) is 29.4 Å². The van der Waals surface area contributed by atoms with Crippen LogP contribution in [0.4, 0.5) is 11.8 Å². The molecule has 0 atom stereocenters. The summed E-state index contributed by atoms with van der Waals surface area (Å²) in [7, 11) is -1.50. The van der Waals surface area contributed by atoms with Crippen molar-refractivity contribution in [2.24, 2.45) is 11.8 Å². The van der Waals surface area contributed by atoms with E-state index in [1.54, 1.807) is 18.2 Å². The van der Waals surface area contributed by atoms with Crippen molar-refractivity contribution in [1.82, 2.24) is 14.7 Å². The molecule has 2 aromatic carbocycles. The molecule has 34 heavy (non-hydrogen) atoms. The fourth-order valence-electron chi connectivity index (χ4n) is 4.40. The van der Waals surface area contributed by atoms with Gasteiger partial charge in [-0.1, -0.05) is 29.8 Å². The molecular formula is C25H32ClN5O2S. The number of hydrogen-bond acceptors (Lipinski definition) is 6. The van der Waals surface area contributed by atoms with Crippen molar-refractivity contribution >= 4 is 44.3 Å². The lowest BCUT2D eigenvalue weighted by atomic mass is 9.82. The van der Waals surface area contributed by atoms with Gasteiger partial charge < -0.3 is 10.2 Å². The van der Waals surface area contributed by atoms with Gasteiger partial charge in [-0.25, -0.2) is 18.1 Å². The molecule has 1 saturated carbocycles. The van der Waals surface area contributed by atoms with Crippen LogP contribution >= 0.6 is 11.6 Å². The zero-order valence-corrected chi connectivity index (χ0v) is 21.2. The summed E-state index contributed by atoms with van der Waals surface area (Å²) >= 11 is 5.94. The summed E-state index contributed by atoms with van der Waals surface area (Å²) in [5, 5.41) is 4.92. The molecule has 7 nitrogen and oxygen atoms in total. The molecule has 3 aromatic rings.